The highest BCUT2D eigenvalue weighted by Crippen LogP contribution is 2.30. The fraction of sp³-hybridized carbons (Fsp3) is 0.154. The molecule has 2 rings (SSSR count). The van der Waals surface area contributed by atoms with Gasteiger partial charge in [0, 0.05) is 18.1 Å². The molecule has 0 atom stereocenters. The lowest BCUT2D eigenvalue weighted by molar-refractivity contribution is 0.462. The summed E-state index contributed by atoms with van der Waals surface area (Å²) >= 11 is 17.7. The van der Waals surface area contributed by atoms with Gasteiger partial charge in [-0.25, -0.2) is 4.98 Å². The molecule has 2 aromatic rings. The zero-order valence-electron chi connectivity index (χ0n) is 9.58. The summed E-state index contributed by atoms with van der Waals surface area (Å²) in [6, 6.07) is 7.24. The van der Waals surface area contributed by atoms with Crippen molar-refractivity contribution in [2.24, 2.45) is 0 Å². The van der Waals surface area contributed by atoms with Crippen LogP contribution in [0, 0.1) is 6.92 Å². The van der Waals surface area contributed by atoms with Gasteiger partial charge in [-0.15, -0.1) is 11.6 Å². The lowest BCUT2D eigenvalue weighted by Crippen LogP contribution is -1.91. The van der Waals surface area contributed by atoms with Crippen molar-refractivity contribution >= 4 is 34.8 Å². The molecule has 0 amide bonds. The molecular weight excluding hydrogens is 293 g/mol. The molecule has 0 bridgehead atoms. The normalized spacial score (nSPS) is 10.4. The zero-order chi connectivity index (χ0) is 13.1. The Kier molecular flexibility index (Phi) is 4.33. The first-order valence-electron chi connectivity index (χ1n) is 5.24. The van der Waals surface area contributed by atoms with E-state index < -0.39 is 0 Å². The van der Waals surface area contributed by atoms with Gasteiger partial charge in [0.2, 0.25) is 5.88 Å². The average Bonchev–Trinajstić information content (AvgIpc) is 2.36. The van der Waals surface area contributed by atoms with Gasteiger partial charge < -0.3 is 4.74 Å². The van der Waals surface area contributed by atoms with Crippen molar-refractivity contribution in [3.8, 4) is 11.6 Å². The van der Waals surface area contributed by atoms with E-state index in [1.807, 2.05) is 19.1 Å². The highest BCUT2D eigenvalue weighted by Gasteiger charge is 2.07. The van der Waals surface area contributed by atoms with E-state index in [9.17, 15) is 0 Å². The molecule has 0 saturated carbocycles. The van der Waals surface area contributed by atoms with Gasteiger partial charge in [0.05, 0.1) is 10.0 Å². The van der Waals surface area contributed by atoms with Crippen LogP contribution in [-0.2, 0) is 5.88 Å². The van der Waals surface area contributed by atoms with Crippen molar-refractivity contribution in [2.45, 2.75) is 12.8 Å². The third kappa shape index (κ3) is 3.08. The molecule has 0 radical (unpaired) electrons. The van der Waals surface area contributed by atoms with Gasteiger partial charge in [-0.1, -0.05) is 29.3 Å². The van der Waals surface area contributed by atoms with E-state index in [0.29, 0.717) is 27.6 Å². The Hall–Kier alpha value is -0.960. The van der Waals surface area contributed by atoms with Gasteiger partial charge >= 0.3 is 0 Å². The third-order valence-corrected chi connectivity index (χ3v) is 3.30. The highest BCUT2D eigenvalue weighted by atomic mass is 35.5. The van der Waals surface area contributed by atoms with Crippen LogP contribution in [0.15, 0.2) is 30.5 Å². The second-order valence-electron chi connectivity index (χ2n) is 3.78. The van der Waals surface area contributed by atoms with Crippen LogP contribution in [0.3, 0.4) is 0 Å². The van der Waals surface area contributed by atoms with Crippen molar-refractivity contribution in [3.05, 3.63) is 51.6 Å². The van der Waals surface area contributed by atoms with E-state index in [2.05, 4.69) is 4.98 Å². The highest BCUT2D eigenvalue weighted by molar-refractivity contribution is 6.32. The number of aromatic nitrogens is 1. The number of pyridine rings is 1. The smallest absolute Gasteiger partial charge is 0.219 e. The standard InChI is InChI=1S/C13H10Cl3NO/c1-8-2-3-10(15)12(4-8)18-13-5-9(6-14)11(16)7-17-13/h2-5,7H,6H2,1H3. The molecule has 1 heterocycles. The molecule has 0 fully saturated rings. The monoisotopic (exact) mass is 301 g/mol. The fourth-order valence-electron chi connectivity index (χ4n) is 1.42. The molecule has 1 aromatic heterocycles. The third-order valence-electron chi connectivity index (χ3n) is 2.35. The largest absolute Gasteiger partial charge is 0.437 e. The molecule has 1 aromatic carbocycles. The predicted molar refractivity (Wildman–Crippen MR) is 75.1 cm³/mol. The molecule has 2 nitrogen and oxygen atoms in total. The number of alkyl halides is 1. The SMILES string of the molecule is Cc1ccc(Cl)c(Oc2cc(CCl)c(Cl)cn2)c1. The summed E-state index contributed by atoms with van der Waals surface area (Å²) in [5.41, 5.74) is 1.83. The number of hydrogen-bond donors (Lipinski definition) is 0. The Labute approximate surface area is 120 Å². The van der Waals surface area contributed by atoms with E-state index >= 15 is 0 Å². The van der Waals surface area contributed by atoms with Crippen molar-refractivity contribution in [2.75, 3.05) is 0 Å². The van der Waals surface area contributed by atoms with Gasteiger partial charge in [0.25, 0.3) is 0 Å². The van der Waals surface area contributed by atoms with Crippen molar-refractivity contribution in [1.29, 1.82) is 0 Å². The molecular formula is C13H10Cl3NO. The molecule has 0 unspecified atom stereocenters. The Morgan fingerprint density at radius 1 is 1.17 bits per heavy atom. The summed E-state index contributed by atoms with van der Waals surface area (Å²) in [5, 5.41) is 1.05. The first kappa shape index (κ1) is 13.5. The maximum Gasteiger partial charge on any atom is 0.219 e. The minimum atomic E-state index is 0.305. The number of benzene rings is 1. The number of aryl methyl sites for hydroxylation is 1. The Balaban J connectivity index is 2.31. The topological polar surface area (TPSA) is 22.1 Å². The maximum atomic E-state index is 6.05. The lowest BCUT2D eigenvalue weighted by atomic mass is 10.2. The zero-order valence-corrected chi connectivity index (χ0v) is 11.9. The van der Waals surface area contributed by atoms with Gasteiger partial charge in [-0.05, 0) is 30.2 Å². The molecule has 0 N–H and O–H groups in total. The minimum Gasteiger partial charge on any atom is -0.437 e. The van der Waals surface area contributed by atoms with Gasteiger partial charge in [0.15, 0.2) is 0 Å². The first-order valence-corrected chi connectivity index (χ1v) is 6.53. The second-order valence-corrected chi connectivity index (χ2v) is 4.87. The quantitative estimate of drug-likeness (QED) is 0.724. The number of rotatable bonds is 3. The lowest BCUT2D eigenvalue weighted by Gasteiger charge is -2.09. The van der Waals surface area contributed by atoms with Crippen LogP contribution in [0.25, 0.3) is 0 Å². The van der Waals surface area contributed by atoms with Crippen LogP contribution >= 0.6 is 34.8 Å². The number of halogens is 3. The molecule has 18 heavy (non-hydrogen) atoms. The molecule has 5 heteroatoms. The van der Waals surface area contributed by atoms with E-state index in [1.54, 1.807) is 12.1 Å². The molecule has 0 aliphatic heterocycles. The summed E-state index contributed by atoms with van der Waals surface area (Å²) in [5.74, 6) is 1.29. The van der Waals surface area contributed by atoms with Gasteiger partial charge in [-0.2, -0.15) is 0 Å². The molecule has 94 valence electrons. The van der Waals surface area contributed by atoms with E-state index in [1.165, 1.54) is 6.20 Å². The molecule has 0 saturated heterocycles. The summed E-state index contributed by atoms with van der Waals surface area (Å²) in [6.45, 7) is 1.96. The fourth-order valence-corrected chi connectivity index (χ4v) is 2.03. The van der Waals surface area contributed by atoms with Crippen LogP contribution in [0.1, 0.15) is 11.1 Å². The van der Waals surface area contributed by atoms with E-state index in [4.69, 9.17) is 39.5 Å². The summed E-state index contributed by atoms with van der Waals surface area (Å²) < 4.78 is 5.63. The summed E-state index contributed by atoms with van der Waals surface area (Å²) in [7, 11) is 0. The minimum absolute atomic E-state index is 0.305. The molecule has 0 spiro atoms. The number of nitrogens with zero attached hydrogens (tertiary/aromatic N) is 1. The van der Waals surface area contributed by atoms with Crippen molar-refractivity contribution in [1.82, 2.24) is 4.98 Å². The number of hydrogen-bond acceptors (Lipinski definition) is 2. The van der Waals surface area contributed by atoms with Crippen molar-refractivity contribution in [3.63, 3.8) is 0 Å². The van der Waals surface area contributed by atoms with Crippen molar-refractivity contribution < 1.29 is 4.74 Å². The van der Waals surface area contributed by atoms with Crippen LogP contribution in [0.2, 0.25) is 10.0 Å². The average molecular weight is 303 g/mol. The summed E-state index contributed by atoms with van der Waals surface area (Å²) in [6.07, 6.45) is 1.51. The predicted octanol–water partition coefficient (Wildman–Crippen LogP) is 5.23. The van der Waals surface area contributed by atoms with Crippen LogP contribution in [0.4, 0.5) is 0 Å². The number of ether oxygens (including phenoxy) is 1. The van der Waals surface area contributed by atoms with Crippen LogP contribution < -0.4 is 4.74 Å². The molecule has 0 aliphatic rings. The first-order chi connectivity index (χ1) is 8.60. The Morgan fingerprint density at radius 3 is 2.67 bits per heavy atom. The van der Waals surface area contributed by atoms with Crippen LogP contribution in [0.5, 0.6) is 11.6 Å². The Bertz CT molecular complexity index is 572. The summed E-state index contributed by atoms with van der Waals surface area (Å²) in [4.78, 5) is 4.08. The van der Waals surface area contributed by atoms with Gasteiger partial charge in [0.1, 0.15) is 5.75 Å². The molecule has 0 aliphatic carbocycles. The second kappa shape index (κ2) is 5.79. The van der Waals surface area contributed by atoms with Gasteiger partial charge in [-0.3, -0.25) is 0 Å². The Morgan fingerprint density at radius 2 is 1.94 bits per heavy atom. The van der Waals surface area contributed by atoms with E-state index in [0.717, 1.165) is 11.1 Å². The van der Waals surface area contributed by atoms with Crippen LogP contribution in [-0.4, -0.2) is 4.98 Å². The van der Waals surface area contributed by atoms with E-state index in [-0.39, 0.29) is 0 Å². The maximum absolute atomic E-state index is 6.05.